The van der Waals surface area contributed by atoms with Gasteiger partial charge in [-0.05, 0) is 69.1 Å². The number of aromatic nitrogens is 2. The molecule has 0 bridgehead atoms. The van der Waals surface area contributed by atoms with Gasteiger partial charge in [0.15, 0.2) is 0 Å². The Bertz CT molecular complexity index is 1060. The molecule has 1 atom stereocenters. The number of carbonyl (C=O) groups excluding carboxylic acids is 1. The molecule has 1 unspecified atom stereocenters. The summed E-state index contributed by atoms with van der Waals surface area (Å²) in [6.45, 7) is 7.02. The molecule has 6 heteroatoms. The summed E-state index contributed by atoms with van der Waals surface area (Å²) in [5.74, 6) is 2.50. The average molecular weight is 437 g/mol. The van der Waals surface area contributed by atoms with E-state index in [1.165, 1.54) is 22.1 Å². The first-order valence-electron chi connectivity index (χ1n) is 11.6. The van der Waals surface area contributed by atoms with E-state index >= 15 is 0 Å². The lowest BCUT2D eigenvalue weighted by molar-refractivity contribution is 0.0688. The summed E-state index contributed by atoms with van der Waals surface area (Å²) in [6, 6.07) is 8.58. The van der Waals surface area contributed by atoms with Crippen molar-refractivity contribution in [3.05, 3.63) is 52.9 Å². The quantitative estimate of drug-likeness (QED) is 0.579. The van der Waals surface area contributed by atoms with Gasteiger partial charge in [0.25, 0.3) is 5.91 Å². The van der Waals surface area contributed by atoms with E-state index in [2.05, 4.69) is 63.8 Å². The van der Waals surface area contributed by atoms with Gasteiger partial charge >= 0.3 is 0 Å². The van der Waals surface area contributed by atoms with Crippen molar-refractivity contribution >= 4 is 27.3 Å². The Labute approximate surface area is 188 Å². The van der Waals surface area contributed by atoms with Crippen molar-refractivity contribution in [3.8, 4) is 0 Å². The Hall–Kier alpha value is -2.18. The second-order valence-corrected chi connectivity index (χ2v) is 10.3. The van der Waals surface area contributed by atoms with Gasteiger partial charge in [-0.3, -0.25) is 4.79 Å². The van der Waals surface area contributed by atoms with Gasteiger partial charge in [-0.1, -0.05) is 18.2 Å². The lowest BCUT2D eigenvalue weighted by atomic mass is 9.92. The molecule has 1 amide bonds. The first-order chi connectivity index (χ1) is 15.1. The van der Waals surface area contributed by atoms with Crippen LogP contribution >= 0.6 is 11.3 Å². The maximum Gasteiger partial charge on any atom is 0.264 e. The number of carbonyl (C=O) groups is 1. The fourth-order valence-electron chi connectivity index (χ4n) is 5.33. The smallest absolute Gasteiger partial charge is 0.264 e. The van der Waals surface area contributed by atoms with Gasteiger partial charge in [0.1, 0.15) is 5.82 Å². The molecule has 0 N–H and O–H groups in total. The lowest BCUT2D eigenvalue weighted by Gasteiger charge is -2.32. The SMILES string of the molecule is Cc1nccn1CCC1CCN(C(=O)c2sc3ccccc3c2C2CCN(C)C2)CC1. The zero-order valence-electron chi connectivity index (χ0n) is 18.6. The number of benzene rings is 1. The number of amides is 1. The highest BCUT2D eigenvalue weighted by Crippen LogP contribution is 2.40. The molecule has 2 aliphatic rings. The van der Waals surface area contributed by atoms with Crippen LogP contribution < -0.4 is 0 Å². The van der Waals surface area contributed by atoms with Crippen LogP contribution in [-0.4, -0.2) is 58.5 Å². The molecule has 5 nitrogen and oxygen atoms in total. The monoisotopic (exact) mass is 436 g/mol. The van der Waals surface area contributed by atoms with Crippen LogP contribution in [0.5, 0.6) is 0 Å². The molecule has 2 fully saturated rings. The summed E-state index contributed by atoms with van der Waals surface area (Å²) in [5, 5.41) is 1.29. The number of piperidine rings is 1. The maximum atomic E-state index is 13.6. The number of nitrogens with zero attached hydrogens (tertiary/aromatic N) is 4. The van der Waals surface area contributed by atoms with E-state index in [1.54, 1.807) is 11.3 Å². The molecule has 5 rings (SSSR count). The minimum Gasteiger partial charge on any atom is -0.338 e. The van der Waals surface area contributed by atoms with Crippen molar-refractivity contribution in [1.29, 1.82) is 0 Å². The Morgan fingerprint density at radius 1 is 1.16 bits per heavy atom. The van der Waals surface area contributed by atoms with Crippen LogP contribution in [0.1, 0.15) is 52.7 Å². The number of hydrogen-bond acceptors (Lipinski definition) is 4. The van der Waals surface area contributed by atoms with Gasteiger partial charge in [0.05, 0.1) is 4.88 Å². The molecule has 0 radical (unpaired) electrons. The Morgan fingerprint density at radius 2 is 1.97 bits per heavy atom. The second-order valence-electron chi connectivity index (χ2n) is 9.28. The van der Waals surface area contributed by atoms with Crippen LogP contribution in [0.25, 0.3) is 10.1 Å². The van der Waals surface area contributed by atoms with Crippen molar-refractivity contribution in [1.82, 2.24) is 19.4 Å². The van der Waals surface area contributed by atoms with E-state index in [1.807, 2.05) is 6.20 Å². The van der Waals surface area contributed by atoms with Crippen molar-refractivity contribution in [2.45, 2.75) is 45.1 Å². The largest absolute Gasteiger partial charge is 0.338 e. The second kappa shape index (κ2) is 8.75. The summed E-state index contributed by atoms with van der Waals surface area (Å²) in [5.41, 5.74) is 1.31. The Morgan fingerprint density at radius 3 is 2.68 bits per heavy atom. The highest BCUT2D eigenvalue weighted by Gasteiger charge is 2.32. The highest BCUT2D eigenvalue weighted by molar-refractivity contribution is 7.21. The molecule has 31 heavy (non-hydrogen) atoms. The highest BCUT2D eigenvalue weighted by atomic mass is 32.1. The van der Waals surface area contributed by atoms with Crippen molar-refractivity contribution < 1.29 is 4.79 Å². The van der Waals surface area contributed by atoms with Crippen molar-refractivity contribution in [3.63, 3.8) is 0 Å². The number of hydrogen-bond donors (Lipinski definition) is 0. The number of thiophene rings is 1. The van der Waals surface area contributed by atoms with Crippen LogP contribution in [0.15, 0.2) is 36.7 Å². The van der Waals surface area contributed by atoms with E-state index in [0.717, 1.165) is 62.7 Å². The number of fused-ring (bicyclic) bond motifs is 1. The Balaban J connectivity index is 1.29. The standard InChI is InChI=1S/C25H32N4OS/c1-18-26-11-16-28(18)13-7-19-8-14-29(15-9-19)25(30)24-23(20-10-12-27(2)17-20)21-5-3-4-6-22(21)31-24/h3-6,11,16,19-20H,7-10,12-15,17H2,1-2H3. The van der Waals surface area contributed by atoms with E-state index in [4.69, 9.17) is 0 Å². The molecule has 2 aliphatic heterocycles. The minimum atomic E-state index is 0.259. The van der Waals surface area contributed by atoms with E-state index in [0.29, 0.717) is 11.8 Å². The van der Waals surface area contributed by atoms with Crippen LogP contribution in [0.4, 0.5) is 0 Å². The maximum absolute atomic E-state index is 13.6. The van der Waals surface area contributed by atoms with E-state index in [-0.39, 0.29) is 5.91 Å². The van der Waals surface area contributed by atoms with E-state index in [9.17, 15) is 4.79 Å². The minimum absolute atomic E-state index is 0.259. The van der Waals surface area contributed by atoms with E-state index < -0.39 is 0 Å². The fourth-order valence-corrected chi connectivity index (χ4v) is 6.59. The molecule has 0 spiro atoms. The van der Waals surface area contributed by atoms with Gasteiger partial charge in [0, 0.05) is 49.2 Å². The molecule has 2 aromatic heterocycles. The summed E-state index contributed by atoms with van der Waals surface area (Å²) >= 11 is 1.70. The zero-order valence-corrected chi connectivity index (χ0v) is 19.4. The first-order valence-corrected chi connectivity index (χ1v) is 12.4. The summed E-state index contributed by atoms with van der Waals surface area (Å²) in [7, 11) is 2.19. The van der Waals surface area contributed by atoms with Gasteiger partial charge in [-0.25, -0.2) is 4.98 Å². The molecular formula is C25H32N4OS. The van der Waals surface area contributed by atoms with Crippen LogP contribution in [-0.2, 0) is 6.54 Å². The van der Waals surface area contributed by atoms with Crippen LogP contribution in [0.3, 0.4) is 0 Å². The van der Waals surface area contributed by atoms with Crippen molar-refractivity contribution in [2.24, 2.45) is 5.92 Å². The third kappa shape index (κ3) is 4.15. The molecule has 2 saturated heterocycles. The normalized spacial score (nSPS) is 20.7. The number of imidazole rings is 1. The van der Waals surface area contributed by atoms with Crippen LogP contribution in [0, 0.1) is 12.8 Å². The van der Waals surface area contributed by atoms with Gasteiger partial charge in [-0.2, -0.15) is 0 Å². The van der Waals surface area contributed by atoms with Crippen LogP contribution in [0.2, 0.25) is 0 Å². The number of aryl methyl sites for hydroxylation is 2. The molecule has 4 heterocycles. The fraction of sp³-hybridized carbons (Fsp3) is 0.520. The van der Waals surface area contributed by atoms with Gasteiger partial charge in [0.2, 0.25) is 0 Å². The van der Waals surface area contributed by atoms with Gasteiger partial charge in [-0.15, -0.1) is 11.3 Å². The summed E-state index contributed by atoms with van der Waals surface area (Å²) in [4.78, 5) is 23.5. The molecule has 1 aromatic carbocycles. The van der Waals surface area contributed by atoms with Crippen molar-refractivity contribution in [2.75, 3.05) is 33.2 Å². The molecule has 0 saturated carbocycles. The molecule has 0 aliphatic carbocycles. The predicted octanol–water partition coefficient (Wildman–Crippen LogP) is 4.77. The summed E-state index contributed by atoms with van der Waals surface area (Å²) in [6.07, 6.45) is 8.46. The molecule has 164 valence electrons. The number of rotatable bonds is 5. The lowest BCUT2D eigenvalue weighted by Crippen LogP contribution is -2.38. The third-order valence-electron chi connectivity index (χ3n) is 7.23. The average Bonchev–Trinajstić information content (AvgIpc) is 3.50. The molecule has 3 aromatic rings. The first kappa shape index (κ1) is 20.7. The zero-order chi connectivity index (χ0) is 21.4. The topological polar surface area (TPSA) is 41.4 Å². The number of likely N-dealkylation sites (N-methyl/N-ethyl adjacent to an activating group) is 1. The molecular weight excluding hydrogens is 404 g/mol. The third-order valence-corrected chi connectivity index (χ3v) is 8.41. The summed E-state index contributed by atoms with van der Waals surface area (Å²) < 4.78 is 3.49. The number of likely N-dealkylation sites (tertiary alicyclic amines) is 2. The van der Waals surface area contributed by atoms with Gasteiger partial charge < -0.3 is 14.4 Å². The Kier molecular flexibility index (Phi) is 5.85. The predicted molar refractivity (Wildman–Crippen MR) is 127 cm³/mol.